The number of nitrogens with zero attached hydrogens (tertiary/aromatic N) is 1. The van der Waals surface area contributed by atoms with E-state index >= 15 is 0 Å². The maximum atomic E-state index is 12.0. The van der Waals surface area contributed by atoms with Crippen LogP contribution in [0.5, 0.6) is 5.75 Å². The standard InChI is InChI=1S/C18H20N2O2S/c1-22-14-10-7-13(8-11-14)9-12-17(21)20-18-19-15-5-3-2-4-6-16(15)23-18/h7-12H,2-6H2,1H3,(H,19,20,21). The number of thiazole rings is 1. The minimum absolute atomic E-state index is 0.148. The number of benzene rings is 1. The van der Waals surface area contributed by atoms with Gasteiger partial charge in [0.1, 0.15) is 5.75 Å². The number of rotatable bonds is 4. The highest BCUT2D eigenvalue weighted by Gasteiger charge is 2.14. The predicted octanol–water partition coefficient (Wildman–Crippen LogP) is 4.07. The van der Waals surface area contributed by atoms with Crippen LogP contribution in [0.1, 0.15) is 35.4 Å². The monoisotopic (exact) mass is 328 g/mol. The van der Waals surface area contributed by atoms with Crippen molar-refractivity contribution in [1.29, 1.82) is 0 Å². The molecule has 1 N–H and O–H groups in total. The third-order valence-electron chi connectivity index (χ3n) is 3.87. The van der Waals surface area contributed by atoms with Crippen molar-refractivity contribution in [3.8, 4) is 5.75 Å². The van der Waals surface area contributed by atoms with Crippen LogP contribution in [-0.4, -0.2) is 18.0 Å². The number of anilines is 1. The molecule has 0 saturated heterocycles. The molecule has 5 heteroatoms. The lowest BCUT2D eigenvalue weighted by molar-refractivity contribution is -0.111. The summed E-state index contributed by atoms with van der Waals surface area (Å²) in [6.07, 6.45) is 9.13. The molecule has 23 heavy (non-hydrogen) atoms. The van der Waals surface area contributed by atoms with Crippen LogP contribution in [0.25, 0.3) is 6.08 Å². The molecule has 1 aliphatic rings. The predicted molar refractivity (Wildman–Crippen MR) is 94.0 cm³/mol. The third kappa shape index (κ3) is 4.20. The van der Waals surface area contributed by atoms with E-state index in [0.29, 0.717) is 5.13 Å². The number of carbonyl (C=O) groups is 1. The summed E-state index contributed by atoms with van der Waals surface area (Å²) in [5.74, 6) is 0.653. The number of methoxy groups -OCH3 is 1. The van der Waals surface area contributed by atoms with Gasteiger partial charge in [-0.2, -0.15) is 0 Å². The molecular weight excluding hydrogens is 308 g/mol. The topological polar surface area (TPSA) is 51.2 Å². The van der Waals surface area contributed by atoms with Crippen molar-refractivity contribution in [2.24, 2.45) is 0 Å². The molecule has 0 fully saturated rings. The van der Waals surface area contributed by atoms with Gasteiger partial charge in [0.25, 0.3) is 0 Å². The van der Waals surface area contributed by atoms with Crippen molar-refractivity contribution in [1.82, 2.24) is 4.98 Å². The van der Waals surface area contributed by atoms with Gasteiger partial charge in [0.15, 0.2) is 5.13 Å². The Morgan fingerprint density at radius 3 is 2.78 bits per heavy atom. The van der Waals surface area contributed by atoms with Crippen molar-refractivity contribution < 1.29 is 9.53 Å². The minimum atomic E-state index is -0.148. The van der Waals surface area contributed by atoms with Crippen LogP contribution in [0, 0.1) is 0 Å². The lowest BCUT2D eigenvalue weighted by atomic mass is 10.2. The van der Waals surface area contributed by atoms with Gasteiger partial charge in [0, 0.05) is 11.0 Å². The van der Waals surface area contributed by atoms with Crippen LogP contribution in [0.3, 0.4) is 0 Å². The van der Waals surface area contributed by atoms with Crippen LogP contribution in [0.2, 0.25) is 0 Å². The van der Waals surface area contributed by atoms with Crippen LogP contribution < -0.4 is 10.1 Å². The molecule has 1 amide bonds. The molecule has 0 spiro atoms. The van der Waals surface area contributed by atoms with Gasteiger partial charge in [-0.3, -0.25) is 10.1 Å². The van der Waals surface area contributed by atoms with Gasteiger partial charge in [-0.05, 0) is 49.5 Å². The van der Waals surface area contributed by atoms with E-state index in [1.165, 1.54) is 35.9 Å². The highest BCUT2D eigenvalue weighted by atomic mass is 32.1. The van der Waals surface area contributed by atoms with Crippen molar-refractivity contribution in [2.45, 2.75) is 32.1 Å². The zero-order valence-corrected chi connectivity index (χ0v) is 14.0. The molecule has 2 aromatic rings. The summed E-state index contributed by atoms with van der Waals surface area (Å²) in [6, 6.07) is 7.56. The molecule has 1 aromatic carbocycles. The Labute approximate surface area is 140 Å². The summed E-state index contributed by atoms with van der Waals surface area (Å²) in [6.45, 7) is 0. The quantitative estimate of drug-likeness (QED) is 0.680. The molecule has 0 atom stereocenters. The largest absolute Gasteiger partial charge is 0.497 e. The maximum absolute atomic E-state index is 12.0. The van der Waals surface area contributed by atoms with Gasteiger partial charge in [0.05, 0.1) is 12.8 Å². The minimum Gasteiger partial charge on any atom is -0.497 e. The zero-order chi connectivity index (χ0) is 16.1. The van der Waals surface area contributed by atoms with E-state index in [2.05, 4.69) is 10.3 Å². The first-order valence-electron chi connectivity index (χ1n) is 7.86. The fraction of sp³-hybridized carbons (Fsp3) is 0.333. The highest BCUT2D eigenvalue weighted by molar-refractivity contribution is 7.15. The lowest BCUT2D eigenvalue weighted by Gasteiger charge is -1.99. The molecule has 120 valence electrons. The molecule has 0 saturated carbocycles. The summed E-state index contributed by atoms with van der Waals surface area (Å²) in [5.41, 5.74) is 2.12. The van der Waals surface area contributed by atoms with Crippen molar-refractivity contribution in [3.63, 3.8) is 0 Å². The Kier molecular flexibility index (Phi) is 5.08. The number of aromatic nitrogens is 1. The fourth-order valence-electron chi connectivity index (χ4n) is 2.62. The maximum Gasteiger partial charge on any atom is 0.250 e. The summed E-state index contributed by atoms with van der Waals surface area (Å²) in [5, 5.41) is 3.58. The summed E-state index contributed by atoms with van der Waals surface area (Å²) >= 11 is 1.61. The van der Waals surface area contributed by atoms with Gasteiger partial charge in [-0.1, -0.05) is 18.6 Å². The number of fused-ring (bicyclic) bond motifs is 1. The SMILES string of the molecule is COc1ccc(C=CC(=O)Nc2nc3c(s2)CCCCC3)cc1. The number of amides is 1. The van der Waals surface area contributed by atoms with E-state index < -0.39 is 0 Å². The van der Waals surface area contributed by atoms with Crippen molar-refractivity contribution in [3.05, 3.63) is 46.5 Å². The van der Waals surface area contributed by atoms with Gasteiger partial charge in [-0.25, -0.2) is 4.98 Å². The van der Waals surface area contributed by atoms with Crippen LogP contribution >= 0.6 is 11.3 Å². The van der Waals surface area contributed by atoms with Crippen LogP contribution in [-0.2, 0) is 17.6 Å². The number of nitrogens with one attached hydrogen (secondary N) is 1. The Hall–Kier alpha value is -2.14. The molecule has 3 rings (SSSR count). The normalized spacial score (nSPS) is 14.3. The molecule has 1 heterocycles. The molecule has 0 radical (unpaired) electrons. The third-order valence-corrected chi connectivity index (χ3v) is 4.94. The van der Waals surface area contributed by atoms with E-state index in [-0.39, 0.29) is 5.91 Å². The van der Waals surface area contributed by atoms with Gasteiger partial charge in [-0.15, -0.1) is 11.3 Å². The number of ether oxygens (including phenoxy) is 1. The second-order valence-corrected chi connectivity index (χ2v) is 6.63. The summed E-state index contributed by atoms with van der Waals surface area (Å²) < 4.78 is 5.11. The fourth-order valence-corrected chi connectivity index (χ4v) is 3.67. The van der Waals surface area contributed by atoms with Gasteiger partial charge >= 0.3 is 0 Å². The first-order chi connectivity index (χ1) is 11.2. The smallest absolute Gasteiger partial charge is 0.250 e. The van der Waals surface area contributed by atoms with Crippen molar-refractivity contribution in [2.75, 3.05) is 12.4 Å². The molecule has 4 nitrogen and oxygen atoms in total. The molecule has 1 aliphatic carbocycles. The number of hydrogen-bond acceptors (Lipinski definition) is 4. The van der Waals surface area contributed by atoms with Crippen molar-refractivity contribution >= 4 is 28.5 Å². The Morgan fingerprint density at radius 1 is 1.22 bits per heavy atom. The molecule has 0 aliphatic heterocycles. The van der Waals surface area contributed by atoms with E-state index in [1.807, 2.05) is 24.3 Å². The zero-order valence-electron chi connectivity index (χ0n) is 13.2. The number of aryl methyl sites for hydroxylation is 2. The number of hydrogen-bond donors (Lipinski definition) is 1. The van der Waals surface area contributed by atoms with Gasteiger partial charge in [0.2, 0.25) is 5.91 Å². The lowest BCUT2D eigenvalue weighted by Crippen LogP contribution is -2.07. The van der Waals surface area contributed by atoms with Gasteiger partial charge < -0.3 is 4.74 Å². The van der Waals surface area contributed by atoms with E-state index in [9.17, 15) is 4.79 Å². The molecule has 0 bridgehead atoms. The first-order valence-corrected chi connectivity index (χ1v) is 8.68. The number of carbonyl (C=O) groups excluding carboxylic acids is 1. The first kappa shape index (κ1) is 15.7. The summed E-state index contributed by atoms with van der Waals surface area (Å²) in [4.78, 5) is 17.9. The summed E-state index contributed by atoms with van der Waals surface area (Å²) in [7, 11) is 1.63. The Morgan fingerprint density at radius 2 is 2.00 bits per heavy atom. The molecule has 1 aromatic heterocycles. The highest BCUT2D eigenvalue weighted by Crippen LogP contribution is 2.28. The average molecular weight is 328 g/mol. The second-order valence-electron chi connectivity index (χ2n) is 5.55. The molecular formula is C18H20N2O2S. The molecule has 0 unspecified atom stereocenters. The Bertz CT molecular complexity index is 681. The van der Waals surface area contributed by atoms with E-state index in [4.69, 9.17) is 4.74 Å². The van der Waals surface area contributed by atoms with E-state index in [0.717, 1.165) is 24.2 Å². The van der Waals surface area contributed by atoms with E-state index in [1.54, 1.807) is 24.5 Å². The Balaban J connectivity index is 1.61. The van der Waals surface area contributed by atoms with Crippen LogP contribution in [0.15, 0.2) is 30.3 Å². The van der Waals surface area contributed by atoms with Crippen LogP contribution in [0.4, 0.5) is 5.13 Å². The average Bonchev–Trinajstić information content (AvgIpc) is 2.81. The second kappa shape index (κ2) is 7.42.